The minimum absolute atomic E-state index is 0.259. The third kappa shape index (κ3) is 3.81. The Hall–Kier alpha value is -1.83. The van der Waals surface area contributed by atoms with Crippen LogP contribution in [0.1, 0.15) is 18.9 Å². The van der Waals surface area contributed by atoms with Gasteiger partial charge in [-0.3, -0.25) is 4.99 Å². The highest BCUT2D eigenvalue weighted by Crippen LogP contribution is 2.14. The summed E-state index contributed by atoms with van der Waals surface area (Å²) in [6.45, 7) is 5.94. The van der Waals surface area contributed by atoms with Gasteiger partial charge in [-0.15, -0.1) is 0 Å². The quantitative estimate of drug-likeness (QED) is 0.744. The molecule has 0 atom stereocenters. The van der Waals surface area contributed by atoms with E-state index in [2.05, 4.69) is 18.5 Å². The van der Waals surface area contributed by atoms with Crippen molar-refractivity contribution < 1.29 is 5.11 Å². The maximum absolute atomic E-state index is 9.11. The van der Waals surface area contributed by atoms with Crippen LogP contribution in [0.5, 0.6) is 5.75 Å². The van der Waals surface area contributed by atoms with Crippen LogP contribution in [-0.2, 0) is 0 Å². The Labute approximate surface area is 90.3 Å². The lowest BCUT2D eigenvalue weighted by molar-refractivity contribution is 0.475. The number of hydrogen-bond acceptors (Lipinski definition) is 2. The zero-order valence-electron chi connectivity index (χ0n) is 8.85. The molecule has 0 radical (unpaired) electrons. The number of rotatable bonds is 4. The highest BCUT2D eigenvalue weighted by Gasteiger charge is 1.94. The Bertz CT molecular complexity index is 374. The van der Waals surface area contributed by atoms with Crippen molar-refractivity contribution in [3.05, 3.63) is 48.7 Å². The Kier molecular flexibility index (Phi) is 4.35. The maximum atomic E-state index is 9.11. The zero-order valence-corrected chi connectivity index (χ0v) is 8.85. The van der Waals surface area contributed by atoms with Crippen molar-refractivity contribution in [2.75, 3.05) is 0 Å². The smallest absolute Gasteiger partial charge is 0.115 e. The molecule has 1 N–H and O–H groups in total. The van der Waals surface area contributed by atoms with Gasteiger partial charge in [0.25, 0.3) is 0 Å². The largest absolute Gasteiger partial charge is 0.508 e. The van der Waals surface area contributed by atoms with Gasteiger partial charge in [0.2, 0.25) is 0 Å². The van der Waals surface area contributed by atoms with Gasteiger partial charge in [0, 0.05) is 12.4 Å². The van der Waals surface area contributed by atoms with E-state index in [1.807, 2.05) is 18.2 Å². The van der Waals surface area contributed by atoms with Crippen molar-refractivity contribution in [2.45, 2.75) is 13.3 Å². The molecule has 78 valence electrons. The third-order valence-electron chi connectivity index (χ3n) is 1.90. The van der Waals surface area contributed by atoms with Gasteiger partial charge >= 0.3 is 0 Å². The third-order valence-corrected chi connectivity index (χ3v) is 1.90. The van der Waals surface area contributed by atoms with Gasteiger partial charge in [0.15, 0.2) is 0 Å². The summed E-state index contributed by atoms with van der Waals surface area (Å²) in [7, 11) is 0. The normalized spacial score (nSPS) is 11.3. The van der Waals surface area contributed by atoms with Gasteiger partial charge in [-0.25, -0.2) is 0 Å². The first kappa shape index (κ1) is 11.2. The Balaban J connectivity index is 2.65. The molecule has 1 aromatic carbocycles. The van der Waals surface area contributed by atoms with Crippen LogP contribution in [0.2, 0.25) is 0 Å². The molecule has 0 heterocycles. The van der Waals surface area contributed by atoms with E-state index < -0.39 is 0 Å². The lowest BCUT2D eigenvalue weighted by Crippen LogP contribution is -1.82. The van der Waals surface area contributed by atoms with Crippen LogP contribution in [0.3, 0.4) is 0 Å². The van der Waals surface area contributed by atoms with Crippen LogP contribution in [0, 0.1) is 0 Å². The van der Waals surface area contributed by atoms with Crippen molar-refractivity contribution >= 4 is 11.8 Å². The molecule has 0 aliphatic heterocycles. The molecular weight excluding hydrogens is 186 g/mol. The van der Waals surface area contributed by atoms with E-state index in [9.17, 15) is 0 Å². The van der Waals surface area contributed by atoms with Crippen LogP contribution in [0.25, 0.3) is 5.57 Å². The van der Waals surface area contributed by atoms with E-state index in [0.29, 0.717) is 0 Å². The van der Waals surface area contributed by atoms with Crippen molar-refractivity contribution in [1.29, 1.82) is 0 Å². The van der Waals surface area contributed by atoms with Crippen molar-refractivity contribution in [3.8, 4) is 5.75 Å². The molecule has 0 saturated heterocycles. The molecule has 2 heteroatoms. The van der Waals surface area contributed by atoms with Crippen molar-refractivity contribution in [2.24, 2.45) is 4.99 Å². The van der Waals surface area contributed by atoms with Gasteiger partial charge in [0.1, 0.15) is 5.75 Å². The second kappa shape index (κ2) is 5.81. The summed E-state index contributed by atoms with van der Waals surface area (Å²) in [6.07, 6.45) is 6.41. The fraction of sp³-hybridized carbons (Fsp3) is 0.154. The molecule has 0 saturated carbocycles. The van der Waals surface area contributed by atoms with Gasteiger partial charge in [-0.05, 0) is 29.7 Å². The standard InChI is InChI=1S/C13H15NO/c1-3-4-9-14-10-11(2)12-5-7-13(15)8-6-12/h4-10,15H,2-3H2,1H3/b9-4-,14-10?. The molecule has 0 bridgehead atoms. The van der Waals surface area contributed by atoms with E-state index in [-0.39, 0.29) is 5.75 Å². The van der Waals surface area contributed by atoms with E-state index in [1.54, 1.807) is 24.5 Å². The minimum atomic E-state index is 0.259. The molecule has 0 unspecified atom stereocenters. The van der Waals surface area contributed by atoms with Gasteiger partial charge in [-0.2, -0.15) is 0 Å². The first-order chi connectivity index (χ1) is 7.24. The second-order valence-corrected chi connectivity index (χ2v) is 3.14. The lowest BCUT2D eigenvalue weighted by Gasteiger charge is -1.98. The summed E-state index contributed by atoms with van der Waals surface area (Å²) >= 11 is 0. The molecule has 0 spiro atoms. The summed E-state index contributed by atoms with van der Waals surface area (Å²) in [5, 5.41) is 9.11. The molecule has 0 aliphatic carbocycles. The predicted octanol–water partition coefficient (Wildman–Crippen LogP) is 3.40. The zero-order chi connectivity index (χ0) is 11.1. The SMILES string of the molecule is C=C(C=N/C=C\CC)c1ccc(O)cc1. The van der Waals surface area contributed by atoms with Gasteiger partial charge in [-0.1, -0.05) is 31.7 Å². The molecule has 0 aromatic heterocycles. The number of phenolic OH excluding ortho intramolecular Hbond substituents is 1. The first-order valence-corrected chi connectivity index (χ1v) is 4.90. The van der Waals surface area contributed by atoms with E-state index in [0.717, 1.165) is 17.6 Å². The van der Waals surface area contributed by atoms with Gasteiger partial charge < -0.3 is 5.11 Å². The average Bonchev–Trinajstić information content (AvgIpc) is 2.25. The lowest BCUT2D eigenvalue weighted by atomic mass is 10.1. The molecule has 0 amide bonds. The molecule has 1 rings (SSSR count). The summed E-state index contributed by atoms with van der Waals surface area (Å²) in [5.74, 6) is 0.259. The Morgan fingerprint density at radius 3 is 2.67 bits per heavy atom. The summed E-state index contributed by atoms with van der Waals surface area (Å²) in [6, 6.07) is 6.90. The first-order valence-electron chi connectivity index (χ1n) is 4.90. The fourth-order valence-corrected chi connectivity index (χ4v) is 1.05. The van der Waals surface area contributed by atoms with Crippen molar-refractivity contribution in [3.63, 3.8) is 0 Å². The molecule has 1 aromatic rings. The predicted molar refractivity (Wildman–Crippen MR) is 65.1 cm³/mol. The number of benzene rings is 1. The van der Waals surface area contributed by atoms with Crippen LogP contribution >= 0.6 is 0 Å². The monoisotopic (exact) mass is 201 g/mol. The summed E-state index contributed by atoms with van der Waals surface area (Å²) in [4.78, 5) is 4.09. The van der Waals surface area contributed by atoms with Crippen LogP contribution in [0.15, 0.2) is 48.1 Å². The number of allylic oxidation sites excluding steroid dienone is 2. The minimum Gasteiger partial charge on any atom is -0.508 e. The van der Waals surface area contributed by atoms with Crippen LogP contribution in [-0.4, -0.2) is 11.3 Å². The number of nitrogens with zero attached hydrogens (tertiary/aromatic N) is 1. The molecule has 2 nitrogen and oxygen atoms in total. The maximum Gasteiger partial charge on any atom is 0.115 e. The fourth-order valence-electron chi connectivity index (χ4n) is 1.05. The summed E-state index contributed by atoms with van der Waals surface area (Å²) in [5.41, 5.74) is 1.79. The number of aromatic hydroxyl groups is 1. The highest BCUT2D eigenvalue weighted by atomic mass is 16.3. The van der Waals surface area contributed by atoms with Crippen LogP contribution in [0.4, 0.5) is 0 Å². The highest BCUT2D eigenvalue weighted by molar-refractivity contribution is 6.08. The van der Waals surface area contributed by atoms with Crippen molar-refractivity contribution in [1.82, 2.24) is 0 Å². The van der Waals surface area contributed by atoms with E-state index in [1.165, 1.54) is 0 Å². The second-order valence-electron chi connectivity index (χ2n) is 3.14. The molecular formula is C13H15NO. The topological polar surface area (TPSA) is 32.6 Å². The Morgan fingerprint density at radius 1 is 1.40 bits per heavy atom. The molecule has 0 aliphatic rings. The van der Waals surface area contributed by atoms with E-state index in [4.69, 9.17) is 5.11 Å². The molecule has 0 fully saturated rings. The number of hydrogen-bond donors (Lipinski definition) is 1. The molecule has 15 heavy (non-hydrogen) atoms. The van der Waals surface area contributed by atoms with Crippen LogP contribution < -0.4 is 0 Å². The number of aliphatic imine (C=N–C) groups is 1. The average molecular weight is 201 g/mol. The van der Waals surface area contributed by atoms with Gasteiger partial charge in [0.05, 0.1) is 0 Å². The van der Waals surface area contributed by atoms with E-state index >= 15 is 0 Å². The Morgan fingerprint density at radius 2 is 2.07 bits per heavy atom. The number of phenols is 1. The summed E-state index contributed by atoms with van der Waals surface area (Å²) < 4.78 is 0.